The molecule has 1 aliphatic rings. The Morgan fingerprint density at radius 2 is 1.63 bits per heavy atom. The molecule has 0 radical (unpaired) electrons. The number of anilines is 1. The molecule has 8 nitrogen and oxygen atoms in total. The van der Waals surface area contributed by atoms with E-state index >= 15 is 0 Å². The minimum Gasteiger partial charge on any atom is -0.377 e. The van der Waals surface area contributed by atoms with Crippen molar-refractivity contribution >= 4 is 23.2 Å². The largest absolute Gasteiger partial charge is 0.377 e. The van der Waals surface area contributed by atoms with Gasteiger partial charge in [0.2, 0.25) is 0 Å². The van der Waals surface area contributed by atoms with E-state index in [-0.39, 0.29) is 17.3 Å². The molecule has 0 unspecified atom stereocenters. The van der Waals surface area contributed by atoms with Crippen LogP contribution in [0.25, 0.3) is 0 Å². The van der Waals surface area contributed by atoms with Crippen LogP contribution in [0.1, 0.15) is 46.0 Å². The van der Waals surface area contributed by atoms with Crippen molar-refractivity contribution in [2.45, 2.75) is 32.2 Å². The topological polar surface area (TPSA) is 113 Å². The van der Waals surface area contributed by atoms with Gasteiger partial charge in [-0.1, -0.05) is 19.1 Å². The van der Waals surface area contributed by atoms with Crippen molar-refractivity contribution < 1.29 is 14.5 Å². The van der Waals surface area contributed by atoms with E-state index in [2.05, 4.69) is 16.2 Å². The first kappa shape index (κ1) is 18.4. The van der Waals surface area contributed by atoms with Gasteiger partial charge in [0.05, 0.1) is 4.92 Å². The zero-order valence-corrected chi connectivity index (χ0v) is 14.8. The molecule has 1 aliphatic carbocycles. The summed E-state index contributed by atoms with van der Waals surface area (Å²) in [6.07, 6.45) is 2.82. The highest BCUT2D eigenvalue weighted by molar-refractivity contribution is 5.99. The van der Waals surface area contributed by atoms with Crippen LogP contribution in [-0.4, -0.2) is 22.8 Å². The van der Waals surface area contributed by atoms with Gasteiger partial charge in [0.15, 0.2) is 0 Å². The lowest BCUT2D eigenvalue weighted by Crippen LogP contribution is -2.41. The second-order valence-corrected chi connectivity index (χ2v) is 6.37. The summed E-state index contributed by atoms with van der Waals surface area (Å²) in [6, 6.07) is 11.5. The number of hydrogen-bond acceptors (Lipinski definition) is 5. The molecular weight excluding hydrogens is 348 g/mol. The molecule has 0 saturated heterocycles. The van der Waals surface area contributed by atoms with E-state index in [9.17, 15) is 19.7 Å². The van der Waals surface area contributed by atoms with Crippen LogP contribution in [0.3, 0.4) is 0 Å². The average molecular weight is 368 g/mol. The average Bonchev–Trinajstić information content (AvgIpc) is 3.50. The number of nitrogens with one attached hydrogen (secondary N) is 3. The van der Waals surface area contributed by atoms with Gasteiger partial charge in [0.25, 0.3) is 17.5 Å². The summed E-state index contributed by atoms with van der Waals surface area (Å²) in [4.78, 5) is 35.1. The minimum atomic E-state index is -0.630. The van der Waals surface area contributed by atoms with E-state index in [1.165, 1.54) is 18.2 Å². The van der Waals surface area contributed by atoms with Crippen LogP contribution in [0.4, 0.5) is 11.4 Å². The Kier molecular flexibility index (Phi) is 5.35. The Morgan fingerprint density at radius 1 is 1.04 bits per heavy atom. The minimum absolute atomic E-state index is 0.0877. The Morgan fingerprint density at radius 3 is 2.19 bits per heavy atom. The third-order valence-electron chi connectivity index (χ3n) is 4.31. The third-order valence-corrected chi connectivity index (χ3v) is 4.31. The first-order valence-corrected chi connectivity index (χ1v) is 8.72. The molecule has 1 saturated carbocycles. The normalized spacial score (nSPS) is 12.9. The number of nitro groups is 1. The second-order valence-electron chi connectivity index (χ2n) is 6.37. The molecule has 0 aliphatic heterocycles. The van der Waals surface area contributed by atoms with Crippen LogP contribution in [0, 0.1) is 10.1 Å². The SMILES string of the molecule is CCc1ccc(C(=O)NNC(=O)c2ccc(NC3CC3)c([N+](=O)[O-])c2)cc1. The number of amides is 2. The predicted octanol–water partition coefficient (Wildman–Crippen LogP) is 2.81. The monoisotopic (exact) mass is 368 g/mol. The van der Waals surface area contributed by atoms with Crippen LogP contribution < -0.4 is 16.2 Å². The molecule has 27 heavy (non-hydrogen) atoms. The maximum absolute atomic E-state index is 12.2. The number of rotatable bonds is 6. The van der Waals surface area contributed by atoms with Crippen LogP contribution >= 0.6 is 0 Å². The van der Waals surface area contributed by atoms with Gasteiger partial charge in [-0.2, -0.15) is 0 Å². The number of carbonyl (C=O) groups is 2. The first-order valence-electron chi connectivity index (χ1n) is 8.72. The van der Waals surface area contributed by atoms with Crippen molar-refractivity contribution in [3.63, 3.8) is 0 Å². The summed E-state index contributed by atoms with van der Waals surface area (Å²) in [5.41, 5.74) is 6.41. The molecular formula is C19H20N4O4. The number of nitro benzene ring substituents is 1. The number of carbonyl (C=O) groups excluding carboxylic acids is 2. The summed E-state index contributed by atoms with van der Waals surface area (Å²) in [7, 11) is 0. The molecule has 2 amide bonds. The van der Waals surface area contributed by atoms with E-state index in [1.807, 2.05) is 19.1 Å². The van der Waals surface area contributed by atoms with Crippen LogP contribution in [0.2, 0.25) is 0 Å². The lowest BCUT2D eigenvalue weighted by Gasteiger charge is -2.10. The predicted molar refractivity (Wildman–Crippen MR) is 100 cm³/mol. The maximum Gasteiger partial charge on any atom is 0.293 e. The van der Waals surface area contributed by atoms with Gasteiger partial charge in [-0.3, -0.25) is 30.6 Å². The van der Waals surface area contributed by atoms with Crippen LogP contribution in [-0.2, 0) is 6.42 Å². The van der Waals surface area contributed by atoms with Gasteiger partial charge < -0.3 is 5.32 Å². The molecule has 140 valence electrons. The number of benzene rings is 2. The van der Waals surface area contributed by atoms with Gasteiger partial charge in [0.1, 0.15) is 5.69 Å². The summed E-state index contributed by atoms with van der Waals surface area (Å²) in [5, 5.41) is 14.3. The molecule has 0 atom stereocenters. The van der Waals surface area contributed by atoms with Crippen LogP contribution in [0.15, 0.2) is 42.5 Å². The summed E-state index contributed by atoms with van der Waals surface area (Å²) in [6.45, 7) is 2.01. The number of nitrogens with zero attached hydrogens (tertiary/aromatic N) is 1. The summed E-state index contributed by atoms with van der Waals surface area (Å²) in [5.74, 6) is -1.10. The lowest BCUT2D eigenvalue weighted by atomic mass is 10.1. The van der Waals surface area contributed by atoms with E-state index < -0.39 is 16.7 Å². The molecule has 0 heterocycles. The quantitative estimate of drug-likeness (QED) is 0.536. The highest BCUT2D eigenvalue weighted by atomic mass is 16.6. The van der Waals surface area contributed by atoms with Crippen molar-refractivity contribution in [3.05, 3.63) is 69.3 Å². The fourth-order valence-electron chi connectivity index (χ4n) is 2.54. The Labute approximate surface area is 156 Å². The van der Waals surface area contributed by atoms with E-state index in [4.69, 9.17) is 0 Å². The highest BCUT2D eigenvalue weighted by Crippen LogP contribution is 2.31. The lowest BCUT2D eigenvalue weighted by molar-refractivity contribution is -0.384. The third kappa shape index (κ3) is 4.60. The zero-order chi connectivity index (χ0) is 19.4. The molecule has 8 heteroatoms. The van der Waals surface area contributed by atoms with Crippen molar-refractivity contribution in [2.24, 2.45) is 0 Å². The van der Waals surface area contributed by atoms with E-state index in [0.29, 0.717) is 11.3 Å². The maximum atomic E-state index is 12.2. The molecule has 0 bridgehead atoms. The standard InChI is InChI=1S/C19H20N4O4/c1-2-12-3-5-13(6-4-12)18(24)21-22-19(25)14-7-10-16(20-15-8-9-15)17(11-14)23(26)27/h3-7,10-11,15,20H,2,8-9H2,1H3,(H,21,24)(H,22,25). The molecule has 3 rings (SSSR count). The molecule has 3 N–H and O–H groups in total. The molecule has 0 spiro atoms. The van der Waals surface area contributed by atoms with Gasteiger partial charge in [-0.05, 0) is 49.1 Å². The Hall–Kier alpha value is -3.42. The number of aryl methyl sites for hydroxylation is 1. The van der Waals surface area contributed by atoms with E-state index in [1.54, 1.807) is 12.1 Å². The van der Waals surface area contributed by atoms with Crippen molar-refractivity contribution in [2.75, 3.05) is 5.32 Å². The fraction of sp³-hybridized carbons (Fsp3) is 0.263. The molecule has 0 aromatic heterocycles. The summed E-state index contributed by atoms with van der Waals surface area (Å²) >= 11 is 0. The smallest absolute Gasteiger partial charge is 0.293 e. The Balaban J connectivity index is 1.65. The second kappa shape index (κ2) is 7.86. The molecule has 1 fully saturated rings. The molecule has 2 aromatic carbocycles. The Bertz CT molecular complexity index is 876. The molecule has 2 aromatic rings. The fourth-order valence-corrected chi connectivity index (χ4v) is 2.54. The number of hydrazine groups is 1. The number of hydrogen-bond donors (Lipinski definition) is 3. The van der Waals surface area contributed by atoms with Gasteiger partial charge in [0, 0.05) is 23.2 Å². The van der Waals surface area contributed by atoms with Crippen molar-refractivity contribution in [1.29, 1.82) is 0 Å². The van der Waals surface area contributed by atoms with Gasteiger partial charge >= 0.3 is 0 Å². The van der Waals surface area contributed by atoms with Crippen molar-refractivity contribution in [3.8, 4) is 0 Å². The summed E-state index contributed by atoms with van der Waals surface area (Å²) < 4.78 is 0. The van der Waals surface area contributed by atoms with Gasteiger partial charge in [-0.15, -0.1) is 0 Å². The first-order chi connectivity index (χ1) is 13.0. The van der Waals surface area contributed by atoms with E-state index in [0.717, 1.165) is 24.8 Å². The van der Waals surface area contributed by atoms with Crippen LogP contribution in [0.5, 0.6) is 0 Å². The highest BCUT2D eigenvalue weighted by Gasteiger charge is 2.25. The zero-order valence-electron chi connectivity index (χ0n) is 14.8. The van der Waals surface area contributed by atoms with Crippen molar-refractivity contribution in [1.82, 2.24) is 10.9 Å². The van der Waals surface area contributed by atoms with Gasteiger partial charge in [-0.25, -0.2) is 0 Å².